The second-order valence-corrected chi connectivity index (χ2v) is 5.81. The molecule has 0 spiro atoms. The summed E-state index contributed by atoms with van der Waals surface area (Å²) in [5.41, 5.74) is 0. The molecule has 5 heteroatoms. The lowest BCUT2D eigenvalue weighted by molar-refractivity contribution is -0.136. The third kappa shape index (κ3) is 4.62. The van der Waals surface area contributed by atoms with Crippen LogP contribution in [0.5, 0.6) is 0 Å². The van der Waals surface area contributed by atoms with Crippen LogP contribution >= 0.6 is 12.4 Å². The number of carbonyl (C=O) groups is 1. The monoisotopic (exact) mass is 290 g/mol. The summed E-state index contributed by atoms with van der Waals surface area (Å²) in [4.78, 5) is 14.2. The molecule has 0 aromatic carbocycles. The Labute approximate surface area is 122 Å². The van der Waals surface area contributed by atoms with E-state index in [0.29, 0.717) is 11.8 Å². The molecule has 0 radical (unpaired) electrons. The molecule has 19 heavy (non-hydrogen) atoms. The molecule has 2 fully saturated rings. The maximum Gasteiger partial charge on any atom is 0.225 e. The molecule has 112 valence electrons. The Hall–Kier alpha value is -0.320. The Balaban J connectivity index is 0.00000180. The number of rotatable bonds is 5. The maximum atomic E-state index is 12.2. The number of hydrogen-bond donors (Lipinski definition) is 1. The van der Waals surface area contributed by atoms with Crippen molar-refractivity contribution >= 4 is 18.3 Å². The highest BCUT2D eigenvalue weighted by molar-refractivity contribution is 5.85. The van der Waals surface area contributed by atoms with Gasteiger partial charge >= 0.3 is 0 Å². The summed E-state index contributed by atoms with van der Waals surface area (Å²) in [7, 11) is 1.95. The molecule has 2 heterocycles. The molecule has 4 nitrogen and oxygen atoms in total. The van der Waals surface area contributed by atoms with E-state index in [4.69, 9.17) is 4.74 Å². The molecule has 0 aromatic rings. The van der Waals surface area contributed by atoms with E-state index in [9.17, 15) is 4.79 Å². The Morgan fingerprint density at radius 1 is 1.37 bits per heavy atom. The van der Waals surface area contributed by atoms with Crippen LogP contribution in [-0.2, 0) is 9.53 Å². The van der Waals surface area contributed by atoms with Gasteiger partial charge in [0.15, 0.2) is 0 Å². The SMILES string of the molecule is CC(C(=O)N(C)CCC1CCOCC1)C1CNC1.Cl. The molecular weight excluding hydrogens is 264 g/mol. The van der Waals surface area contributed by atoms with Crippen molar-refractivity contribution in [2.24, 2.45) is 17.8 Å². The number of hydrogen-bond acceptors (Lipinski definition) is 3. The van der Waals surface area contributed by atoms with Gasteiger partial charge in [0.25, 0.3) is 0 Å². The zero-order chi connectivity index (χ0) is 13.0. The lowest BCUT2D eigenvalue weighted by Gasteiger charge is -2.34. The Kier molecular flexibility index (Phi) is 7.11. The predicted octanol–water partition coefficient (Wildman–Crippen LogP) is 1.54. The number of amides is 1. The summed E-state index contributed by atoms with van der Waals surface area (Å²) < 4.78 is 5.36. The van der Waals surface area contributed by atoms with Gasteiger partial charge in [-0.25, -0.2) is 0 Å². The van der Waals surface area contributed by atoms with Gasteiger partial charge in [-0.1, -0.05) is 6.92 Å². The molecule has 2 aliphatic rings. The first-order valence-corrected chi connectivity index (χ1v) is 7.22. The van der Waals surface area contributed by atoms with E-state index in [1.807, 2.05) is 11.9 Å². The molecular formula is C14H27ClN2O2. The van der Waals surface area contributed by atoms with Crippen LogP contribution in [-0.4, -0.2) is 50.7 Å². The predicted molar refractivity (Wildman–Crippen MR) is 78.6 cm³/mol. The first kappa shape index (κ1) is 16.7. The van der Waals surface area contributed by atoms with Gasteiger partial charge in [0, 0.05) is 32.7 Å². The van der Waals surface area contributed by atoms with Crippen molar-refractivity contribution in [1.29, 1.82) is 0 Å². The standard InChI is InChI=1S/C14H26N2O2.ClH/c1-11(13-9-15-10-13)14(17)16(2)6-3-12-4-7-18-8-5-12;/h11-13,15H,3-10H2,1-2H3;1H. The largest absolute Gasteiger partial charge is 0.381 e. The minimum atomic E-state index is 0. The summed E-state index contributed by atoms with van der Waals surface area (Å²) in [5, 5.41) is 3.23. The summed E-state index contributed by atoms with van der Waals surface area (Å²) in [5.74, 6) is 1.78. The zero-order valence-corrected chi connectivity index (χ0v) is 12.9. The maximum absolute atomic E-state index is 12.2. The van der Waals surface area contributed by atoms with Crippen LogP contribution in [0.2, 0.25) is 0 Å². The summed E-state index contributed by atoms with van der Waals surface area (Å²) >= 11 is 0. The fourth-order valence-electron chi connectivity index (χ4n) is 2.74. The van der Waals surface area contributed by atoms with Crippen molar-refractivity contribution in [3.63, 3.8) is 0 Å². The van der Waals surface area contributed by atoms with E-state index in [0.717, 1.165) is 58.0 Å². The van der Waals surface area contributed by atoms with Crippen LogP contribution in [0.3, 0.4) is 0 Å². The summed E-state index contributed by atoms with van der Waals surface area (Å²) in [6.07, 6.45) is 3.44. The van der Waals surface area contributed by atoms with E-state index >= 15 is 0 Å². The Bertz CT molecular complexity index is 279. The van der Waals surface area contributed by atoms with Gasteiger partial charge < -0.3 is 15.0 Å². The number of nitrogens with one attached hydrogen (secondary N) is 1. The smallest absolute Gasteiger partial charge is 0.225 e. The molecule has 1 atom stereocenters. The van der Waals surface area contributed by atoms with E-state index in [1.165, 1.54) is 0 Å². The van der Waals surface area contributed by atoms with Crippen molar-refractivity contribution in [2.75, 3.05) is 39.9 Å². The average Bonchev–Trinajstić information content (AvgIpc) is 2.34. The molecule has 1 amide bonds. The van der Waals surface area contributed by atoms with Crippen molar-refractivity contribution in [2.45, 2.75) is 26.2 Å². The molecule has 0 aliphatic carbocycles. The topological polar surface area (TPSA) is 41.6 Å². The molecule has 2 saturated heterocycles. The van der Waals surface area contributed by atoms with Gasteiger partial charge in [0.1, 0.15) is 0 Å². The van der Waals surface area contributed by atoms with E-state index in [-0.39, 0.29) is 18.3 Å². The van der Waals surface area contributed by atoms with E-state index in [1.54, 1.807) is 0 Å². The summed E-state index contributed by atoms with van der Waals surface area (Å²) in [6, 6.07) is 0. The quantitative estimate of drug-likeness (QED) is 0.835. The molecule has 2 rings (SSSR count). The van der Waals surface area contributed by atoms with Crippen molar-refractivity contribution in [3.8, 4) is 0 Å². The zero-order valence-electron chi connectivity index (χ0n) is 12.1. The van der Waals surface area contributed by atoms with Gasteiger partial charge in [0.2, 0.25) is 5.91 Å². The second-order valence-electron chi connectivity index (χ2n) is 5.81. The number of halogens is 1. The highest BCUT2D eigenvalue weighted by Gasteiger charge is 2.30. The van der Waals surface area contributed by atoms with Gasteiger partial charge in [-0.05, 0) is 44.2 Å². The highest BCUT2D eigenvalue weighted by atomic mass is 35.5. The first-order valence-electron chi connectivity index (χ1n) is 7.22. The van der Waals surface area contributed by atoms with Gasteiger partial charge in [-0.2, -0.15) is 0 Å². The van der Waals surface area contributed by atoms with Crippen LogP contribution in [0.4, 0.5) is 0 Å². The van der Waals surface area contributed by atoms with Crippen LogP contribution in [0.25, 0.3) is 0 Å². The molecule has 1 N–H and O–H groups in total. The number of carbonyl (C=O) groups excluding carboxylic acids is 1. The Morgan fingerprint density at radius 3 is 2.53 bits per heavy atom. The molecule has 0 saturated carbocycles. The normalized spacial score (nSPS) is 22.2. The number of ether oxygens (including phenoxy) is 1. The lowest BCUT2D eigenvalue weighted by atomic mass is 9.88. The molecule has 0 aromatic heterocycles. The van der Waals surface area contributed by atoms with E-state index in [2.05, 4.69) is 12.2 Å². The highest BCUT2D eigenvalue weighted by Crippen LogP contribution is 2.21. The van der Waals surface area contributed by atoms with Crippen LogP contribution < -0.4 is 5.32 Å². The third-order valence-corrected chi connectivity index (χ3v) is 4.50. The summed E-state index contributed by atoms with van der Waals surface area (Å²) in [6.45, 7) is 6.76. The minimum absolute atomic E-state index is 0. The number of nitrogens with zero attached hydrogens (tertiary/aromatic N) is 1. The van der Waals surface area contributed by atoms with E-state index < -0.39 is 0 Å². The van der Waals surface area contributed by atoms with Crippen molar-refractivity contribution < 1.29 is 9.53 Å². The average molecular weight is 291 g/mol. The van der Waals surface area contributed by atoms with Crippen molar-refractivity contribution in [1.82, 2.24) is 10.2 Å². The van der Waals surface area contributed by atoms with Crippen LogP contribution in [0.15, 0.2) is 0 Å². The van der Waals surface area contributed by atoms with Gasteiger partial charge in [-0.3, -0.25) is 4.79 Å². The molecule has 1 unspecified atom stereocenters. The fraction of sp³-hybridized carbons (Fsp3) is 0.929. The van der Waals surface area contributed by atoms with Crippen LogP contribution in [0, 0.1) is 17.8 Å². The third-order valence-electron chi connectivity index (χ3n) is 4.50. The first-order chi connectivity index (χ1) is 8.68. The van der Waals surface area contributed by atoms with Gasteiger partial charge in [-0.15, -0.1) is 12.4 Å². The Morgan fingerprint density at radius 2 is 2.00 bits per heavy atom. The van der Waals surface area contributed by atoms with Crippen LogP contribution in [0.1, 0.15) is 26.2 Å². The van der Waals surface area contributed by atoms with Gasteiger partial charge in [0.05, 0.1) is 0 Å². The molecule has 2 aliphatic heterocycles. The van der Waals surface area contributed by atoms with Crippen molar-refractivity contribution in [3.05, 3.63) is 0 Å². The minimum Gasteiger partial charge on any atom is -0.381 e. The fourth-order valence-corrected chi connectivity index (χ4v) is 2.74. The lowest BCUT2D eigenvalue weighted by Crippen LogP contribution is -2.50. The molecule has 0 bridgehead atoms. The second kappa shape index (κ2) is 8.08.